The summed E-state index contributed by atoms with van der Waals surface area (Å²) >= 11 is 0. The normalized spacial score (nSPS) is 15.2. The highest BCUT2D eigenvalue weighted by Gasteiger charge is 2.25. The van der Waals surface area contributed by atoms with Crippen LogP contribution < -0.4 is 0 Å². The first-order valence-electron chi connectivity index (χ1n) is 6.42. The van der Waals surface area contributed by atoms with Gasteiger partial charge in [0, 0.05) is 19.1 Å². The van der Waals surface area contributed by atoms with E-state index in [9.17, 15) is 0 Å². The van der Waals surface area contributed by atoms with Crippen molar-refractivity contribution in [2.45, 2.75) is 39.3 Å². The van der Waals surface area contributed by atoms with E-state index in [0.29, 0.717) is 6.04 Å². The van der Waals surface area contributed by atoms with Gasteiger partial charge in [0.25, 0.3) is 0 Å². The zero-order valence-corrected chi connectivity index (χ0v) is 10.7. The van der Waals surface area contributed by atoms with E-state index in [-0.39, 0.29) is 0 Å². The van der Waals surface area contributed by atoms with Gasteiger partial charge in [0.1, 0.15) is 0 Å². The lowest BCUT2D eigenvalue weighted by Crippen LogP contribution is -2.32. The molecular weight excluding hydrogens is 208 g/mol. The molecule has 90 valence electrons. The summed E-state index contributed by atoms with van der Waals surface area (Å²) in [5, 5.41) is 8.90. The third-order valence-corrected chi connectivity index (χ3v) is 3.36. The summed E-state index contributed by atoms with van der Waals surface area (Å²) in [6.45, 7) is 6.66. The molecule has 0 spiro atoms. The fourth-order valence-corrected chi connectivity index (χ4v) is 2.06. The topological polar surface area (TPSA) is 27.0 Å². The summed E-state index contributed by atoms with van der Waals surface area (Å²) in [5.41, 5.74) is 2.01. The van der Waals surface area contributed by atoms with Gasteiger partial charge in [0.15, 0.2) is 0 Å². The van der Waals surface area contributed by atoms with Crippen molar-refractivity contribution in [2.24, 2.45) is 5.92 Å². The number of hydrogen-bond donors (Lipinski definition) is 0. The zero-order chi connectivity index (χ0) is 12.3. The Hall–Kier alpha value is -1.33. The van der Waals surface area contributed by atoms with Crippen molar-refractivity contribution in [2.75, 3.05) is 6.54 Å². The smallest absolute Gasteiger partial charge is 0.0991 e. The van der Waals surface area contributed by atoms with E-state index >= 15 is 0 Å². The van der Waals surface area contributed by atoms with E-state index in [1.807, 2.05) is 18.2 Å². The Morgan fingerprint density at radius 1 is 1.41 bits per heavy atom. The molecule has 1 aliphatic carbocycles. The molecule has 2 heteroatoms. The molecule has 1 aliphatic rings. The summed E-state index contributed by atoms with van der Waals surface area (Å²) in [4.78, 5) is 2.51. The standard InChI is InChI=1S/C15H20N2/c1-12(2)17(10-13-6-7-13)11-15-5-3-4-14(8-15)9-16/h3-5,8,12-13H,6-7,10-11H2,1-2H3. The second-order valence-electron chi connectivity index (χ2n) is 5.28. The summed E-state index contributed by atoms with van der Waals surface area (Å²) in [7, 11) is 0. The minimum absolute atomic E-state index is 0.571. The van der Waals surface area contributed by atoms with Gasteiger partial charge in [-0.15, -0.1) is 0 Å². The maximum atomic E-state index is 8.90. The highest BCUT2D eigenvalue weighted by Crippen LogP contribution is 2.30. The van der Waals surface area contributed by atoms with Crippen LogP contribution in [0.1, 0.15) is 37.8 Å². The van der Waals surface area contributed by atoms with E-state index < -0.39 is 0 Å². The molecule has 0 radical (unpaired) electrons. The van der Waals surface area contributed by atoms with Crippen LogP contribution in [0, 0.1) is 17.2 Å². The number of rotatable bonds is 5. The van der Waals surface area contributed by atoms with Crippen molar-refractivity contribution in [3.8, 4) is 6.07 Å². The Morgan fingerprint density at radius 2 is 2.18 bits per heavy atom. The number of nitriles is 1. The Balaban J connectivity index is 2.02. The summed E-state index contributed by atoms with van der Waals surface area (Å²) in [6.07, 6.45) is 2.78. The van der Waals surface area contributed by atoms with E-state index in [4.69, 9.17) is 5.26 Å². The first kappa shape index (κ1) is 12.1. The fourth-order valence-electron chi connectivity index (χ4n) is 2.06. The molecule has 0 heterocycles. The first-order valence-corrected chi connectivity index (χ1v) is 6.42. The summed E-state index contributed by atoms with van der Waals surface area (Å²) in [5.74, 6) is 0.913. The molecule has 1 fully saturated rings. The van der Waals surface area contributed by atoms with E-state index in [1.165, 1.54) is 24.9 Å². The van der Waals surface area contributed by atoms with Crippen LogP contribution in [0.5, 0.6) is 0 Å². The van der Waals surface area contributed by atoms with Crippen LogP contribution >= 0.6 is 0 Å². The molecule has 2 rings (SSSR count). The number of hydrogen-bond acceptors (Lipinski definition) is 2. The fraction of sp³-hybridized carbons (Fsp3) is 0.533. The molecular formula is C15H20N2. The van der Waals surface area contributed by atoms with E-state index in [1.54, 1.807) is 0 Å². The maximum absolute atomic E-state index is 8.90. The van der Waals surface area contributed by atoms with Crippen LogP contribution in [0.3, 0.4) is 0 Å². The highest BCUT2D eigenvalue weighted by atomic mass is 15.1. The lowest BCUT2D eigenvalue weighted by molar-refractivity contribution is 0.204. The minimum atomic E-state index is 0.571. The molecule has 2 nitrogen and oxygen atoms in total. The van der Waals surface area contributed by atoms with Gasteiger partial charge in [-0.1, -0.05) is 12.1 Å². The molecule has 0 aromatic heterocycles. The molecule has 17 heavy (non-hydrogen) atoms. The SMILES string of the molecule is CC(C)N(Cc1cccc(C#N)c1)CC1CC1. The lowest BCUT2D eigenvalue weighted by Gasteiger charge is -2.26. The molecule has 0 N–H and O–H groups in total. The Labute approximate surface area is 104 Å². The van der Waals surface area contributed by atoms with Crippen molar-refractivity contribution in [1.82, 2.24) is 4.90 Å². The van der Waals surface area contributed by atoms with E-state index in [2.05, 4.69) is 30.9 Å². The van der Waals surface area contributed by atoms with Crippen molar-refractivity contribution in [1.29, 1.82) is 5.26 Å². The third kappa shape index (κ3) is 3.57. The predicted molar refractivity (Wildman–Crippen MR) is 69.4 cm³/mol. The maximum Gasteiger partial charge on any atom is 0.0991 e. The molecule has 0 amide bonds. The van der Waals surface area contributed by atoms with Crippen molar-refractivity contribution in [3.63, 3.8) is 0 Å². The van der Waals surface area contributed by atoms with Crippen LogP contribution in [0.2, 0.25) is 0 Å². The Kier molecular flexibility index (Phi) is 3.81. The van der Waals surface area contributed by atoms with Gasteiger partial charge >= 0.3 is 0 Å². The Bertz CT molecular complexity index is 413. The first-order chi connectivity index (χ1) is 8.19. The van der Waals surface area contributed by atoms with Crippen LogP contribution in [0.4, 0.5) is 0 Å². The summed E-state index contributed by atoms with van der Waals surface area (Å²) in [6, 6.07) is 10.7. The number of nitrogens with zero attached hydrogens (tertiary/aromatic N) is 2. The van der Waals surface area contributed by atoms with E-state index in [0.717, 1.165) is 18.0 Å². The van der Waals surface area contributed by atoms with Crippen LogP contribution in [0.15, 0.2) is 24.3 Å². The second-order valence-corrected chi connectivity index (χ2v) is 5.28. The van der Waals surface area contributed by atoms with Crippen LogP contribution in [-0.4, -0.2) is 17.5 Å². The molecule has 0 unspecified atom stereocenters. The average molecular weight is 228 g/mol. The molecule has 0 bridgehead atoms. The molecule has 0 saturated heterocycles. The number of benzene rings is 1. The van der Waals surface area contributed by atoms with Gasteiger partial charge < -0.3 is 0 Å². The minimum Gasteiger partial charge on any atom is -0.296 e. The summed E-state index contributed by atoms with van der Waals surface area (Å²) < 4.78 is 0. The van der Waals surface area contributed by atoms with Crippen molar-refractivity contribution < 1.29 is 0 Å². The van der Waals surface area contributed by atoms with Gasteiger partial charge in [0.05, 0.1) is 11.6 Å². The highest BCUT2D eigenvalue weighted by molar-refractivity contribution is 5.32. The van der Waals surface area contributed by atoms with Crippen LogP contribution in [-0.2, 0) is 6.54 Å². The van der Waals surface area contributed by atoms with Gasteiger partial charge in [-0.2, -0.15) is 5.26 Å². The third-order valence-electron chi connectivity index (χ3n) is 3.36. The van der Waals surface area contributed by atoms with Crippen LogP contribution in [0.25, 0.3) is 0 Å². The quantitative estimate of drug-likeness (QED) is 0.774. The largest absolute Gasteiger partial charge is 0.296 e. The average Bonchev–Trinajstić information content (AvgIpc) is 3.12. The molecule has 1 aromatic carbocycles. The van der Waals surface area contributed by atoms with Gasteiger partial charge in [-0.3, -0.25) is 4.90 Å². The van der Waals surface area contributed by atoms with Gasteiger partial charge in [-0.05, 0) is 50.3 Å². The second kappa shape index (κ2) is 5.33. The van der Waals surface area contributed by atoms with Gasteiger partial charge in [0.2, 0.25) is 0 Å². The lowest BCUT2D eigenvalue weighted by atomic mass is 10.1. The molecule has 0 aliphatic heterocycles. The molecule has 1 saturated carbocycles. The van der Waals surface area contributed by atoms with Crippen molar-refractivity contribution >= 4 is 0 Å². The monoisotopic (exact) mass is 228 g/mol. The Morgan fingerprint density at radius 3 is 2.76 bits per heavy atom. The molecule has 1 aromatic rings. The van der Waals surface area contributed by atoms with Gasteiger partial charge in [-0.25, -0.2) is 0 Å². The predicted octanol–water partition coefficient (Wildman–Crippen LogP) is 3.18. The zero-order valence-electron chi connectivity index (χ0n) is 10.7. The van der Waals surface area contributed by atoms with Crippen molar-refractivity contribution in [3.05, 3.63) is 35.4 Å². The molecule has 0 atom stereocenters.